The fraction of sp³-hybridized carbons (Fsp3) is 0.262. The van der Waals surface area contributed by atoms with Crippen molar-refractivity contribution in [1.29, 1.82) is 0 Å². The Labute approximate surface area is 286 Å². The Morgan fingerprint density at radius 3 is 1.96 bits per heavy atom. The summed E-state index contributed by atoms with van der Waals surface area (Å²) in [6.45, 7) is 13.3. The molecule has 0 saturated carbocycles. The molecule has 6 rings (SSSR count). The molecule has 2 atom stereocenters. The highest BCUT2D eigenvalue weighted by Crippen LogP contribution is 2.60. The molecule has 5 aromatic rings. The highest BCUT2D eigenvalue weighted by atomic mass is 32.2. The molecule has 48 heavy (non-hydrogen) atoms. The first-order chi connectivity index (χ1) is 22.8. The third kappa shape index (κ3) is 5.73. The maximum absolute atomic E-state index is 14.0. The number of sulfonamides is 1. The van der Waals surface area contributed by atoms with Gasteiger partial charge in [0.05, 0.1) is 17.4 Å². The van der Waals surface area contributed by atoms with E-state index in [0.29, 0.717) is 6.54 Å². The third-order valence-corrected chi connectivity index (χ3v) is 11.2. The minimum Gasteiger partial charge on any atom is -0.497 e. The van der Waals surface area contributed by atoms with Crippen molar-refractivity contribution in [2.45, 2.75) is 69.4 Å². The van der Waals surface area contributed by atoms with Gasteiger partial charge in [-0.1, -0.05) is 123 Å². The van der Waals surface area contributed by atoms with Crippen LogP contribution in [0.2, 0.25) is 0 Å². The average molecular weight is 657 g/mol. The second-order valence-electron chi connectivity index (χ2n) is 14.1. The molecule has 0 radical (unpaired) electrons. The van der Waals surface area contributed by atoms with Crippen LogP contribution in [0, 0.1) is 13.8 Å². The van der Waals surface area contributed by atoms with Crippen LogP contribution in [0.3, 0.4) is 0 Å². The summed E-state index contributed by atoms with van der Waals surface area (Å²) in [5.74, 6) is 0.731. The van der Waals surface area contributed by atoms with Gasteiger partial charge < -0.3 is 9.64 Å². The van der Waals surface area contributed by atoms with Crippen LogP contribution < -0.4 is 9.64 Å². The average Bonchev–Trinajstić information content (AvgIpc) is 3.29. The van der Waals surface area contributed by atoms with Gasteiger partial charge in [0.1, 0.15) is 11.3 Å². The number of fused-ring (bicyclic) bond motifs is 1. The topological polar surface area (TPSA) is 59.0 Å². The maximum Gasteiger partial charge on any atom is 0.282 e. The van der Waals surface area contributed by atoms with E-state index in [-0.39, 0.29) is 10.3 Å². The van der Waals surface area contributed by atoms with Crippen molar-refractivity contribution >= 4 is 21.9 Å². The molecule has 1 aliphatic rings. The molecule has 0 unspecified atom stereocenters. The molecule has 246 valence electrons. The Morgan fingerprint density at radius 2 is 1.38 bits per heavy atom. The minimum atomic E-state index is -4.06. The van der Waals surface area contributed by atoms with E-state index in [1.807, 2.05) is 31.2 Å². The minimum absolute atomic E-state index is 0.0646. The molecule has 5 nitrogen and oxygen atoms in total. The fourth-order valence-electron chi connectivity index (χ4n) is 7.04. The Morgan fingerprint density at radius 1 is 0.771 bits per heavy atom. The van der Waals surface area contributed by atoms with Crippen molar-refractivity contribution in [1.82, 2.24) is 0 Å². The number of ether oxygens (including phenoxy) is 1. The highest BCUT2D eigenvalue weighted by Gasteiger charge is 2.61. The lowest BCUT2D eigenvalue weighted by molar-refractivity contribution is 0.385. The summed E-state index contributed by atoms with van der Waals surface area (Å²) in [4.78, 5) is 2.49. The Bertz CT molecular complexity index is 2050. The number of hydrogen-bond acceptors (Lipinski definition) is 4. The summed E-state index contributed by atoms with van der Waals surface area (Å²) in [5.41, 5.74) is 6.48. The SMILES string of the molecule is COc1ccc2c(c1)[C@@](C)(c1ccccc1)[C@@](/C=N/S(=O)(=O)c1ccc(C)cc1)(c1ccc(C(C)(C)C)cc1)N2Cc1ccc(C)cc1. The molecule has 0 spiro atoms. The lowest BCUT2D eigenvalue weighted by atomic mass is 9.62. The van der Waals surface area contributed by atoms with Crippen molar-refractivity contribution in [2.75, 3.05) is 12.0 Å². The van der Waals surface area contributed by atoms with Gasteiger partial charge in [-0.2, -0.15) is 12.8 Å². The molecule has 1 aliphatic heterocycles. The Balaban J connectivity index is 1.71. The van der Waals surface area contributed by atoms with E-state index in [0.717, 1.165) is 39.3 Å². The quantitative estimate of drug-likeness (QED) is 0.156. The molecule has 5 aromatic carbocycles. The van der Waals surface area contributed by atoms with Crippen LogP contribution in [0.4, 0.5) is 5.69 Å². The fourth-order valence-corrected chi connectivity index (χ4v) is 7.93. The summed E-state index contributed by atoms with van der Waals surface area (Å²) < 4.78 is 38.5. The summed E-state index contributed by atoms with van der Waals surface area (Å²) in [5, 5.41) is 0. The molecule has 0 fully saturated rings. The molecule has 0 N–H and O–H groups in total. The predicted octanol–water partition coefficient (Wildman–Crippen LogP) is 9.29. The molecule has 0 aliphatic carbocycles. The van der Waals surface area contributed by atoms with E-state index < -0.39 is 21.0 Å². The number of rotatable bonds is 8. The first-order valence-electron chi connectivity index (χ1n) is 16.4. The van der Waals surface area contributed by atoms with Gasteiger partial charge in [0, 0.05) is 18.4 Å². The van der Waals surface area contributed by atoms with E-state index in [2.05, 4.69) is 117 Å². The van der Waals surface area contributed by atoms with Crippen molar-refractivity contribution < 1.29 is 13.2 Å². The Kier molecular flexibility index (Phi) is 8.59. The smallest absolute Gasteiger partial charge is 0.282 e. The van der Waals surface area contributed by atoms with Gasteiger partial charge in [-0.15, -0.1) is 0 Å². The summed E-state index contributed by atoms with van der Waals surface area (Å²) >= 11 is 0. The largest absolute Gasteiger partial charge is 0.497 e. The standard InChI is InChI=1S/C42H44N2O3S/c1-30-13-17-32(18-14-30)28-44-39-26-23-36(47-7)27-38(39)41(6,34-11-9-8-10-12-34)42(44,35-21-19-33(20-22-35)40(3,4)5)29-43-48(45,46)37-24-15-31(2)16-25-37/h8-27,29H,28H2,1-7H3/b43-29+/t41-,42-/m1/s1. The first-order valence-corrected chi connectivity index (χ1v) is 17.8. The number of aryl methyl sites for hydroxylation is 2. The van der Waals surface area contributed by atoms with Crippen LogP contribution in [-0.4, -0.2) is 21.7 Å². The van der Waals surface area contributed by atoms with Gasteiger partial charge >= 0.3 is 0 Å². The number of nitrogens with zero attached hydrogens (tertiary/aromatic N) is 2. The normalized spacial score (nSPS) is 19.4. The second kappa shape index (κ2) is 12.4. The molecule has 6 heteroatoms. The van der Waals surface area contributed by atoms with Crippen molar-refractivity contribution in [3.8, 4) is 5.75 Å². The van der Waals surface area contributed by atoms with E-state index in [1.54, 1.807) is 37.6 Å². The molecule has 1 heterocycles. The molecule has 0 saturated heterocycles. The van der Waals surface area contributed by atoms with Crippen LogP contribution in [-0.2, 0) is 32.9 Å². The van der Waals surface area contributed by atoms with Crippen LogP contribution in [0.5, 0.6) is 5.75 Å². The number of anilines is 1. The molecular formula is C42H44N2O3S. The predicted molar refractivity (Wildman–Crippen MR) is 197 cm³/mol. The van der Waals surface area contributed by atoms with E-state index in [1.165, 1.54) is 11.1 Å². The van der Waals surface area contributed by atoms with Gasteiger partial charge in [-0.25, -0.2) is 0 Å². The van der Waals surface area contributed by atoms with Gasteiger partial charge in [-0.05, 0) is 84.3 Å². The summed E-state index contributed by atoms with van der Waals surface area (Å²) in [6.07, 6.45) is 1.70. The lowest BCUT2D eigenvalue weighted by Crippen LogP contribution is -2.56. The first kappa shape index (κ1) is 33.2. The molecule has 0 amide bonds. The zero-order valence-corrected chi connectivity index (χ0v) is 29.7. The number of benzene rings is 5. The Hall–Kier alpha value is -4.68. The van der Waals surface area contributed by atoms with Crippen LogP contribution >= 0.6 is 0 Å². The van der Waals surface area contributed by atoms with E-state index in [4.69, 9.17) is 4.74 Å². The van der Waals surface area contributed by atoms with Gasteiger partial charge in [0.25, 0.3) is 10.0 Å². The highest BCUT2D eigenvalue weighted by molar-refractivity contribution is 7.90. The van der Waals surface area contributed by atoms with Crippen molar-refractivity contribution in [2.24, 2.45) is 4.40 Å². The van der Waals surface area contributed by atoms with Gasteiger partial charge in [-0.3, -0.25) is 0 Å². The van der Waals surface area contributed by atoms with Crippen LogP contribution in [0.15, 0.2) is 131 Å². The third-order valence-electron chi connectivity index (χ3n) is 9.92. The molecular weight excluding hydrogens is 613 g/mol. The van der Waals surface area contributed by atoms with Crippen LogP contribution in [0.25, 0.3) is 0 Å². The molecule has 0 aromatic heterocycles. The number of hydrogen-bond donors (Lipinski definition) is 0. The van der Waals surface area contributed by atoms with Crippen molar-refractivity contribution in [3.05, 3.63) is 160 Å². The maximum atomic E-state index is 14.0. The van der Waals surface area contributed by atoms with Crippen LogP contribution in [0.1, 0.15) is 66.6 Å². The van der Waals surface area contributed by atoms with Crippen molar-refractivity contribution in [3.63, 3.8) is 0 Å². The zero-order chi connectivity index (χ0) is 34.3. The van der Waals surface area contributed by atoms with E-state index in [9.17, 15) is 8.42 Å². The zero-order valence-electron chi connectivity index (χ0n) is 28.9. The van der Waals surface area contributed by atoms with Gasteiger partial charge in [0.2, 0.25) is 0 Å². The summed E-state index contributed by atoms with van der Waals surface area (Å²) in [7, 11) is -2.38. The monoisotopic (exact) mass is 656 g/mol. The van der Waals surface area contributed by atoms with E-state index >= 15 is 0 Å². The number of methoxy groups -OCH3 is 1. The molecule has 0 bridgehead atoms. The second-order valence-corrected chi connectivity index (χ2v) is 15.7. The van der Waals surface area contributed by atoms with Gasteiger partial charge in [0.15, 0.2) is 0 Å². The lowest BCUT2D eigenvalue weighted by Gasteiger charge is -2.48. The summed E-state index contributed by atoms with van der Waals surface area (Å²) in [6, 6.07) is 40.5.